The molecule has 0 bridgehead atoms. The zero-order valence-electron chi connectivity index (χ0n) is 14.1. The standard InChI is InChI=1S/C19H19ClN2O2S/c1-3-22(4-2)19-16-12-14(20)10-11-17(16)21-13-18(19)25(23,24)15-8-6-5-7-9-15/h5-13H,3-4H2,1-2H3. The molecule has 0 saturated heterocycles. The lowest BCUT2D eigenvalue weighted by molar-refractivity contribution is 0.595. The summed E-state index contributed by atoms with van der Waals surface area (Å²) in [4.78, 5) is 6.85. The summed E-state index contributed by atoms with van der Waals surface area (Å²) in [6.07, 6.45) is 1.45. The summed E-state index contributed by atoms with van der Waals surface area (Å²) in [7, 11) is -3.69. The van der Waals surface area contributed by atoms with Gasteiger partial charge in [-0.25, -0.2) is 8.42 Å². The SMILES string of the molecule is CCN(CC)c1c(S(=O)(=O)c2ccccc2)cnc2ccc(Cl)cc12. The Bertz CT molecular complexity index is 1000. The van der Waals surface area contributed by atoms with E-state index in [0.717, 1.165) is 10.9 Å². The number of hydrogen-bond donors (Lipinski definition) is 0. The molecule has 0 amide bonds. The maximum atomic E-state index is 13.2. The van der Waals surface area contributed by atoms with Gasteiger partial charge in [-0.15, -0.1) is 0 Å². The van der Waals surface area contributed by atoms with Gasteiger partial charge < -0.3 is 4.90 Å². The summed E-state index contributed by atoms with van der Waals surface area (Å²) in [5.74, 6) is 0. The summed E-state index contributed by atoms with van der Waals surface area (Å²) in [6, 6.07) is 13.8. The number of aromatic nitrogens is 1. The lowest BCUT2D eigenvalue weighted by atomic mass is 10.1. The van der Waals surface area contributed by atoms with Gasteiger partial charge in [-0.05, 0) is 44.2 Å². The molecule has 130 valence electrons. The van der Waals surface area contributed by atoms with Crippen LogP contribution in [0.3, 0.4) is 0 Å². The molecule has 1 aromatic heterocycles. The first kappa shape index (κ1) is 17.7. The van der Waals surface area contributed by atoms with E-state index in [1.54, 1.807) is 42.5 Å². The van der Waals surface area contributed by atoms with Crippen LogP contribution in [0.15, 0.2) is 64.5 Å². The lowest BCUT2D eigenvalue weighted by Gasteiger charge is -2.25. The van der Waals surface area contributed by atoms with Crippen molar-refractivity contribution >= 4 is 38.0 Å². The average Bonchev–Trinajstić information content (AvgIpc) is 2.63. The molecule has 25 heavy (non-hydrogen) atoms. The first-order chi connectivity index (χ1) is 12.0. The largest absolute Gasteiger partial charge is 0.370 e. The molecule has 0 unspecified atom stereocenters. The normalized spacial score (nSPS) is 11.6. The molecule has 0 N–H and O–H groups in total. The Morgan fingerprint density at radius 3 is 2.36 bits per heavy atom. The molecular weight excluding hydrogens is 356 g/mol. The minimum atomic E-state index is -3.69. The molecule has 0 saturated carbocycles. The number of nitrogens with zero attached hydrogens (tertiary/aromatic N) is 2. The predicted octanol–water partition coefficient (Wildman–Crippen LogP) is 4.57. The van der Waals surface area contributed by atoms with Gasteiger partial charge in [0.15, 0.2) is 0 Å². The highest BCUT2D eigenvalue weighted by Crippen LogP contribution is 2.36. The Hall–Kier alpha value is -2.11. The number of anilines is 1. The second-order valence-electron chi connectivity index (χ2n) is 5.62. The van der Waals surface area contributed by atoms with Crippen LogP contribution in [0.25, 0.3) is 10.9 Å². The van der Waals surface area contributed by atoms with Crippen molar-refractivity contribution in [1.82, 2.24) is 4.98 Å². The molecule has 0 aliphatic rings. The maximum Gasteiger partial charge on any atom is 0.210 e. The molecule has 1 heterocycles. The van der Waals surface area contributed by atoms with Crippen LogP contribution >= 0.6 is 11.6 Å². The third kappa shape index (κ3) is 3.22. The van der Waals surface area contributed by atoms with E-state index < -0.39 is 9.84 Å². The van der Waals surface area contributed by atoms with Crippen LogP contribution in [-0.4, -0.2) is 26.5 Å². The number of halogens is 1. The monoisotopic (exact) mass is 374 g/mol. The third-order valence-corrected chi connectivity index (χ3v) is 6.20. The summed E-state index contributed by atoms with van der Waals surface area (Å²) in [5.41, 5.74) is 1.37. The molecule has 3 aromatic rings. The van der Waals surface area contributed by atoms with Gasteiger partial charge in [-0.2, -0.15) is 0 Å². The number of rotatable bonds is 5. The van der Waals surface area contributed by atoms with Crippen LogP contribution in [-0.2, 0) is 9.84 Å². The molecule has 0 aliphatic heterocycles. The molecular formula is C19H19ClN2O2S. The highest BCUT2D eigenvalue weighted by atomic mass is 35.5. The van der Waals surface area contributed by atoms with E-state index in [1.807, 2.05) is 24.8 Å². The summed E-state index contributed by atoms with van der Waals surface area (Å²) < 4.78 is 26.4. The first-order valence-corrected chi connectivity index (χ1v) is 9.98. The Kier molecular flexibility index (Phi) is 4.97. The van der Waals surface area contributed by atoms with Crippen molar-refractivity contribution in [2.24, 2.45) is 0 Å². The number of fused-ring (bicyclic) bond motifs is 1. The van der Waals surface area contributed by atoms with Gasteiger partial charge in [0.2, 0.25) is 9.84 Å². The van der Waals surface area contributed by atoms with E-state index in [4.69, 9.17) is 11.6 Å². The first-order valence-electron chi connectivity index (χ1n) is 8.12. The van der Waals surface area contributed by atoms with Crippen LogP contribution < -0.4 is 4.90 Å². The fourth-order valence-electron chi connectivity index (χ4n) is 2.92. The van der Waals surface area contributed by atoms with Gasteiger partial charge in [-0.1, -0.05) is 29.8 Å². The zero-order valence-corrected chi connectivity index (χ0v) is 15.7. The molecule has 0 fully saturated rings. The molecule has 0 aliphatic carbocycles. The fourth-order valence-corrected chi connectivity index (χ4v) is 4.55. The summed E-state index contributed by atoms with van der Waals surface area (Å²) >= 11 is 6.17. The van der Waals surface area contributed by atoms with Crippen molar-refractivity contribution in [1.29, 1.82) is 0 Å². The van der Waals surface area contributed by atoms with Gasteiger partial charge in [0, 0.05) is 29.7 Å². The Balaban J connectivity index is 2.37. The minimum Gasteiger partial charge on any atom is -0.370 e. The number of hydrogen-bond acceptors (Lipinski definition) is 4. The van der Waals surface area contributed by atoms with Gasteiger partial charge in [0.05, 0.1) is 16.1 Å². The molecule has 3 rings (SSSR count). The van der Waals surface area contributed by atoms with Gasteiger partial charge in [-0.3, -0.25) is 4.98 Å². The number of sulfone groups is 1. The molecule has 0 atom stereocenters. The van der Waals surface area contributed by atoms with Crippen LogP contribution in [0.5, 0.6) is 0 Å². The topological polar surface area (TPSA) is 50.3 Å². The highest BCUT2D eigenvalue weighted by molar-refractivity contribution is 7.91. The molecule has 0 radical (unpaired) electrons. The zero-order chi connectivity index (χ0) is 18.0. The minimum absolute atomic E-state index is 0.206. The highest BCUT2D eigenvalue weighted by Gasteiger charge is 2.26. The van der Waals surface area contributed by atoms with Crippen molar-refractivity contribution < 1.29 is 8.42 Å². The van der Waals surface area contributed by atoms with Gasteiger partial charge in [0.25, 0.3) is 0 Å². The van der Waals surface area contributed by atoms with Crippen LogP contribution in [0.1, 0.15) is 13.8 Å². The molecule has 0 spiro atoms. The molecule has 4 nitrogen and oxygen atoms in total. The van der Waals surface area contributed by atoms with Crippen LogP contribution in [0.4, 0.5) is 5.69 Å². The van der Waals surface area contributed by atoms with Crippen molar-refractivity contribution in [3.05, 3.63) is 59.8 Å². The van der Waals surface area contributed by atoms with Gasteiger partial charge in [0.1, 0.15) is 4.90 Å². The van der Waals surface area contributed by atoms with Crippen molar-refractivity contribution in [3.63, 3.8) is 0 Å². The smallest absolute Gasteiger partial charge is 0.210 e. The lowest BCUT2D eigenvalue weighted by Crippen LogP contribution is -2.24. The second kappa shape index (κ2) is 7.02. The van der Waals surface area contributed by atoms with Crippen LogP contribution in [0.2, 0.25) is 5.02 Å². The van der Waals surface area contributed by atoms with Crippen molar-refractivity contribution in [3.8, 4) is 0 Å². The fraction of sp³-hybridized carbons (Fsp3) is 0.211. The Morgan fingerprint density at radius 2 is 1.72 bits per heavy atom. The van der Waals surface area contributed by atoms with Gasteiger partial charge >= 0.3 is 0 Å². The predicted molar refractivity (Wildman–Crippen MR) is 102 cm³/mol. The average molecular weight is 375 g/mol. The Labute approximate surface area is 153 Å². The van der Waals surface area contributed by atoms with Crippen LogP contribution in [0, 0.1) is 0 Å². The number of pyridine rings is 1. The maximum absolute atomic E-state index is 13.2. The number of benzene rings is 2. The second-order valence-corrected chi connectivity index (χ2v) is 7.98. The third-order valence-electron chi connectivity index (χ3n) is 4.19. The Morgan fingerprint density at radius 1 is 1.04 bits per heavy atom. The quantitative estimate of drug-likeness (QED) is 0.656. The van der Waals surface area contributed by atoms with E-state index in [-0.39, 0.29) is 9.79 Å². The van der Waals surface area contributed by atoms with E-state index in [1.165, 1.54) is 6.20 Å². The van der Waals surface area contributed by atoms with E-state index in [2.05, 4.69) is 4.98 Å². The van der Waals surface area contributed by atoms with E-state index in [0.29, 0.717) is 23.8 Å². The molecule has 6 heteroatoms. The summed E-state index contributed by atoms with van der Waals surface area (Å²) in [5, 5.41) is 1.30. The summed E-state index contributed by atoms with van der Waals surface area (Å²) in [6.45, 7) is 5.36. The molecule has 2 aromatic carbocycles. The van der Waals surface area contributed by atoms with Crippen molar-refractivity contribution in [2.45, 2.75) is 23.6 Å². The van der Waals surface area contributed by atoms with E-state index >= 15 is 0 Å². The van der Waals surface area contributed by atoms with E-state index in [9.17, 15) is 8.42 Å². The van der Waals surface area contributed by atoms with Crippen molar-refractivity contribution in [2.75, 3.05) is 18.0 Å².